The molecule has 10 heteroatoms. The van der Waals surface area contributed by atoms with E-state index in [9.17, 15) is 9.59 Å². The summed E-state index contributed by atoms with van der Waals surface area (Å²) in [5.41, 5.74) is 18.1. The monoisotopic (exact) mass is 410 g/mol. The molecule has 0 unspecified atom stereocenters. The van der Waals surface area contributed by atoms with Crippen molar-refractivity contribution in [3.63, 3.8) is 0 Å². The number of nitrogens with two attached hydrogens (primary N) is 3. The molecule has 0 aromatic carbocycles. The summed E-state index contributed by atoms with van der Waals surface area (Å²) in [6, 6.07) is -0.783. The lowest BCUT2D eigenvalue weighted by Crippen LogP contribution is -2.31. The van der Waals surface area contributed by atoms with E-state index >= 15 is 0 Å². The summed E-state index contributed by atoms with van der Waals surface area (Å²) in [7, 11) is 0. The Labute approximate surface area is 166 Å². The molecule has 0 spiro atoms. The topological polar surface area (TPSA) is 150 Å². The van der Waals surface area contributed by atoms with Gasteiger partial charge in [-0.15, -0.1) is 22.7 Å². The van der Waals surface area contributed by atoms with Gasteiger partial charge >= 0.3 is 0 Å². The van der Waals surface area contributed by atoms with Crippen molar-refractivity contribution in [3.8, 4) is 0 Å². The zero-order valence-electron chi connectivity index (χ0n) is 15.7. The van der Waals surface area contributed by atoms with E-state index in [0.29, 0.717) is 34.1 Å². The number of carbonyl (C=O) groups excluding carboxylic acids is 2. The van der Waals surface area contributed by atoms with Crippen LogP contribution in [0.25, 0.3) is 0 Å². The van der Waals surface area contributed by atoms with Gasteiger partial charge in [0.05, 0.1) is 27.4 Å². The molecule has 0 aliphatic heterocycles. The van der Waals surface area contributed by atoms with Crippen molar-refractivity contribution in [3.05, 3.63) is 31.2 Å². The highest BCUT2D eigenvalue weighted by atomic mass is 32.1. The molecule has 0 aliphatic rings. The molecule has 2 amide bonds. The molecule has 2 heterocycles. The molecule has 7 N–H and O–H groups in total. The summed E-state index contributed by atoms with van der Waals surface area (Å²) >= 11 is 2.53. The third kappa shape index (κ3) is 5.32. The van der Waals surface area contributed by atoms with Crippen LogP contribution >= 0.6 is 22.7 Å². The second-order valence-electron chi connectivity index (χ2n) is 6.36. The Kier molecular flexibility index (Phi) is 7.42. The standard InChI is InChI=1S/C17H26N6O2S2/c1-8(19)12-15(27-9(2)21-12)17(25)23-11(6-4-5-7-18)13-14(16(20)24)26-10(3)22-13/h8,11H,4-7,18-19H2,1-3H3,(H2,20,24)(H,23,25)/t8-,11-/m0/s1. The number of primary amides is 1. The Bertz CT molecular complexity index is 814. The van der Waals surface area contributed by atoms with Crippen molar-refractivity contribution < 1.29 is 9.59 Å². The number of amides is 2. The van der Waals surface area contributed by atoms with Gasteiger partial charge in [0.15, 0.2) is 0 Å². The maximum Gasteiger partial charge on any atom is 0.263 e. The number of aromatic nitrogens is 2. The van der Waals surface area contributed by atoms with Crippen molar-refractivity contribution in [2.75, 3.05) is 6.54 Å². The van der Waals surface area contributed by atoms with E-state index in [0.717, 1.165) is 22.9 Å². The number of thiazole rings is 2. The van der Waals surface area contributed by atoms with Gasteiger partial charge in [-0.1, -0.05) is 0 Å². The minimum absolute atomic E-state index is 0.272. The van der Waals surface area contributed by atoms with Crippen molar-refractivity contribution in [1.82, 2.24) is 15.3 Å². The van der Waals surface area contributed by atoms with Gasteiger partial charge in [0.1, 0.15) is 9.75 Å². The van der Waals surface area contributed by atoms with Gasteiger partial charge < -0.3 is 22.5 Å². The molecule has 0 radical (unpaired) electrons. The van der Waals surface area contributed by atoms with Gasteiger partial charge in [-0.2, -0.15) is 0 Å². The van der Waals surface area contributed by atoms with Crippen LogP contribution in [-0.4, -0.2) is 28.3 Å². The summed E-state index contributed by atoms with van der Waals surface area (Å²) in [4.78, 5) is 34.4. The summed E-state index contributed by atoms with van der Waals surface area (Å²) < 4.78 is 0. The van der Waals surface area contributed by atoms with Crippen LogP contribution in [0.1, 0.15) is 79.0 Å². The van der Waals surface area contributed by atoms with E-state index < -0.39 is 11.9 Å². The number of unbranched alkanes of at least 4 members (excludes halogenated alkanes) is 1. The fraction of sp³-hybridized carbons (Fsp3) is 0.529. The van der Waals surface area contributed by atoms with Gasteiger partial charge in [-0.3, -0.25) is 9.59 Å². The maximum atomic E-state index is 12.9. The molecule has 0 fully saturated rings. The van der Waals surface area contributed by atoms with Crippen molar-refractivity contribution >= 4 is 34.5 Å². The zero-order valence-corrected chi connectivity index (χ0v) is 17.4. The van der Waals surface area contributed by atoms with Gasteiger partial charge in [-0.05, 0) is 46.6 Å². The fourth-order valence-electron chi connectivity index (χ4n) is 2.76. The minimum Gasteiger partial charge on any atom is -0.365 e. The van der Waals surface area contributed by atoms with Gasteiger partial charge in [0.2, 0.25) is 0 Å². The molecular weight excluding hydrogens is 384 g/mol. The smallest absolute Gasteiger partial charge is 0.263 e. The second kappa shape index (κ2) is 9.36. The number of carbonyl (C=O) groups is 2. The third-order valence-electron chi connectivity index (χ3n) is 3.96. The van der Waals surface area contributed by atoms with Crippen molar-refractivity contribution in [2.24, 2.45) is 17.2 Å². The molecule has 2 rings (SSSR count). The highest BCUT2D eigenvalue weighted by molar-refractivity contribution is 7.14. The Morgan fingerprint density at radius 1 is 1.07 bits per heavy atom. The van der Waals surface area contributed by atoms with Crippen LogP contribution in [0.3, 0.4) is 0 Å². The number of rotatable bonds is 9. The second-order valence-corrected chi connectivity index (χ2v) is 8.76. The molecule has 0 bridgehead atoms. The number of hydrogen-bond donors (Lipinski definition) is 4. The first-order valence-corrected chi connectivity index (χ1v) is 10.4. The van der Waals surface area contributed by atoms with Crippen LogP contribution in [0.2, 0.25) is 0 Å². The summed E-state index contributed by atoms with van der Waals surface area (Å²) in [6.07, 6.45) is 2.21. The average Bonchev–Trinajstić information content (AvgIpc) is 3.17. The molecular formula is C17H26N6O2S2. The average molecular weight is 411 g/mol. The largest absolute Gasteiger partial charge is 0.365 e. The third-order valence-corrected chi connectivity index (χ3v) is 5.95. The Balaban J connectivity index is 2.33. The molecule has 0 aliphatic carbocycles. The summed E-state index contributed by atoms with van der Waals surface area (Å²) in [6.45, 7) is 5.99. The van der Waals surface area contributed by atoms with Crippen LogP contribution in [0.15, 0.2) is 0 Å². The molecule has 2 aromatic heterocycles. The van der Waals surface area contributed by atoms with Crippen molar-refractivity contribution in [1.29, 1.82) is 0 Å². The van der Waals surface area contributed by atoms with Crippen LogP contribution in [0.4, 0.5) is 0 Å². The summed E-state index contributed by atoms with van der Waals surface area (Å²) in [5.74, 6) is -0.815. The first-order chi connectivity index (χ1) is 12.7. The number of aryl methyl sites for hydroxylation is 2. The number of hydrogen-bond acceptors (Lipinski definition) is 8. The van der Waals surface area contributed by atoms with Crippen LogP contribution in [0, 0.1) is 13.8 Å². The molecule has 0 saturated carbocycles. The first kappa shape index (κ1) is 21.4. The predicted octanol–water partition coefficient (Wildman–Crippen LogP) is 1.94. The van der Waals surface area contributed by atoms with E-state index in [1.165, 1.54) is 22.7 Å². The van der Waals surface area contributed by atoms with E-state index in [1.807, 2.05) is 6.92 Å². The molecule has 2 aromatic rings. The highest BCUT2D eigenvalue weighted by Gasteiger charge is 2.27. The lowest BCUT2D eigenvalue weighted by molar-refractivity contribution is 0.0930. The van der Waals surface area contributed by atoms with Crippen LogP contribution in [0.5, 0.6) is 0 Å². The Hall–Kier alpha value is -1.88. The lowest BCUT2D eigenvalue weighted by Gasteiger charge is -2.18. The van der Waals surface area contributed by atoms with E-state index in [-0.39, 0.29) is 11.9 Å². The summed E-state index contributed by atoms with van der Waals surface area (Å²) in [5, 5.41) is 4.49. The SMILES string of the molecule is Cc1nc([C@H](C)N)c(C(=O)N[C@@H](CCCCN)c2nc(C)sc2C(N)=O)s1. The number of nitrogens with one attached hydrogen (secondary N) is 1. The van der Waals surface area contributed by atoms with Crippen molar-refractivity contribution in [2.45, 2.75) is 52.1 Å². The quantitative estimate of drug-likeness (QED) is 0.464. The fourth-order valence-corrected chi connectivity index (χ4v) is 4.52. The lowest BCUT2D eigenvalue weighted by atomic mass is 10.0. The van der Waals surface area contributed by atoms with E-state index in [1.54, 1.807) is 13.8 Å². The molecule has 27 heavy (non-hydrogen) atoms. The highest BCUT2D eigenvalue weighted by Crippen LogP contribution is 2.29. The van der Waals surface area contributed by atoms with Crippen LogP contribution < -0.4 is 22.5 Å². The van der Waals surface area contributed by atoms with Gasteiger partial charge in [0, 0.05) is 6.04 Å². The zero-order chi connectivity index (χ0) is 20.1. The van der Waals surface area contributed by atoms with Gasteiger partial charge in [0.25, 0.3) is 11.8 Å². The molecule has 148 valence electrons. The minimum atomic E-state index is -0.543. The molecule has 8 nitrogen and oxygen atoms in total. The molecule has 2 atom stereocenters. The van der Waals surface area contributed by atoms with Crippen LogP contribution in [-0.2, 0) is 0 Å². The maximum absolute atomic E-state index is 12.9. The Morgan fingerprint density at radius 3 is 2.22 bits per heavy atom. The molecule has 0 saturated heterocycles. The first-order valence-electron chi connectivity index (χ1n) is 8.75. The van der Waals surface area contributed by atoms with Gasteiger partial charge in [-0.25, -0.2) is 9.97 Å². The van der Waals surface area contributed by atoms with E-state index in [4.69, 9.17) is 17.2 Å². The predicted molar refractivity (Wildman–Crippen MR) is 108 cm³/mol. The Morgan fingerprint density at radius 2 is 1.67 bits per heavy atom. The number of nitrogens with zero attached hydrogens (tertiary/aromatic N) is 2. The normalized spacial score (nSPS) is 13.4. The van der Waals surface area contributed by atoms with E-state index in [2.05, 4.69) is 15.3 Å².